The molecule has 28 heavy (non-hydrogen) atoms. The normalized spacial score (nSPS) is 12.7. The second-order valence-corrected chi connectivity index (χ2v) is 6.23. The Morgan fingerprint density at radius 2 is 1.11 bits per heavy atom. The first-order chi connectivity index (χ1) is 13.4. The van der Waals surface area contributed by atoms with E-state index in [1.54, 1.807) is 33.3 Å². The highest BCUT2D eigenvalue weighted by atomic mass is 16.6. The third kappa shape index (κ3) is 4.36. The molecule has 7 nitrogen and oxygen atoms in total. The molecule has 0 aliphatic carbocycles. The quantitative estimate of drug-likeness (QED) is 0.699. The summed E-state index contributed by atoms with van der Waals surface area (Å²) in [5.74, 6) is 2.84. The Morgan fingerprint density at radius 3 is 1.50 bits per heavy atom. The molecule has 0 aliphatic rings. The number of hydrogen-bond donors (Lipinski definition) is 1. The first kappa shape index (κ1) is 21.5. The number of methoxy groups -OCH3 is 5. The maximum Gasteiger partial charge on any atom is 0.203 e. The molecule has 2 aromatic carbocycles. The highest BCUT2D eigenvalue weighted by Crippen LogP contribution is 2.42. The number of aliphatic hydroxyl groups excluding tert-OH is 1. The van der Waals surface area contributed by atoms with E-state index in [2.05, 4.69) is 0 Å². The third-order valence-corrected chi connectivity index (χ3v) is 4.38. The molecule has 7 heteroatoms. The van der Waals surface area contributed by atoms with Crippen molar-refractivity contribution in [3.63, 3.8) is 0 Å². The van der Waals surface area contributed by atoms with Crippen LogP contribution >= 0.6 is 0 Å². The molecule has 0 saturated heterocycles. The predicted molar refractivity (Wildman–Crippen MR) is 105 cm³/mol. The van der Waals surface area contributed by atoms with Gasteiger partial charge in [-0.2, -0.15) is 0 Å². The summed E-state index contributed by atoms with van der Waals surface area (Å²) in [5, 5.41) is 10.9. The average Bonchev–Trinajstić information content (AvgIpc) is 2.72. The van der Waals surface area contributed by atoms with E-state index in [9.17, 15) is 5.11 Å². The highest BCUT2D eigenvalue weighted by molar-refractivity contribution is 5.55. The van der Waals surface area contributed by atoms with Crippen molar-refractivity contribution in [1.29, 1.82) is 0 Å². The van der Waals surface area contributed by atoms with Crippen LogP contribution in [0.5, 0.6) is 34.5 Å². The molecule has 154 valence electrons. The Kier molecular flexibility index (Phi) is 7.23. The maximum absolute atomic E-state index is 10.9. The third-order valence-electron chi connectivity index (χ3n) is 4.38. The van der Waals surface area contributed by atoms with Gasteiger partial charge < -0.3 is 33.5 Å². The van der Waals surface area contributed by atoms with Crippen LogP contribution in [0.4, 0.5) is 0 Å². The number of benzene rings is 2. The first-order valence-corrected chi connectivity index (χ1v) is 8.77. The molecule has 1 N–H and O–H groups in total. The fraction of sp³-hybridized carbons (Fsp3) is 0.429. The van der Waals surface area contributed by atoms with E-state index in [0.29, 0.717) is 40.1 Å². The summed E-state index contributed by atoms with van der Waals surface area (Å²) >= 11 is 0. The van der Waals surface area contributed by atoms with Crippen molar-refractivity contribution in [1.82, 2.24) is 0 Å². The van der Waals surface area contributed by atoms with Gasteiger partial charge in [-0.1, -0.05) is 0 Å². The second-order valence-electron chi connectivity index (χ2n) is 6.23. The molecule has 0 saturated carbocycles. The van der Waals surface area contributed by atoms with E-state index in [-0.39, 0.29) is 0 Å². The lowest BCUT2D eigenvalue weighted by Crippen LogP contribution is -2.22. The van der Waals surface area contributed by atoms with E-state index in [0.717, 1.165) is 5.56 Å². The van der Waals surface area contributed by atoms with Crippen LogP contribution in [0.25, 0.3) is 0 Å². The van der Waals surface area contributed by atoms with Gasteiger partial charge in [-0.3, -0.25) is 0 Å². The summed E-state index contributed by atoms with van der Waals surface area (Å²) in [5.41, 5.74) is 1.53. The minimum atomic E-state index is -0.968. The lowest BCUT2D eigenvalue weighted by atomic mass is 10.0. The number of rotatable bonds is 9. The smallest absolute Gasteiger partial charge is 0.203 e. The predicted octanol–water partition coefficient (Wildman–Crippen LogP) is 3.54. The molecular weight excluding hydrogens is 364 g/mol. The lowest BCUT2D eigenvalue weighted by Gasteiger charge is -2.24. The molecule has 0 aromatic heterocycles. The van der Waals surface area contributed by atoms with Crippen molar-refractivity contribution in [3.8, 4) is 34.5 Å². The van der Waals surface area contributed by atoms with E-state index in [4.69, 9.17) is 28.4 Å². The van der Waals surface area contributed by atoms with Gasteiger partial charge in [-0.25, -0.2) is 0 Å². The molecule has 0 amide bonds. The van der Waals surface area contributed by atoms with Gasteiger partial charge in [0.15, 0.2) is 23.0 Å². The Balaban J connectivity index is 2.37. The van der Waals surface area contributed by atoms with Crippen LogP contribution in [-0.4, -0.2) is 46.8 Å². The Bertz CT molecular complexity index is 753. The van der Waals surface area contributed by atoms with Crippen molar-refractivity contribution in [2.24, 2.45) is 0 Å². The SMILES string of the molecule is COc1cc(C(O)C(C)Oc2c(OC)cc(C)cc2OC)cc(OC)c1OC. The molecular formula is C21H28O7. The van der Waals surface area contributed by atoms with Gasteiger partial charge in [0.05, 0.1) is 35.5 Å². The van der Waals surface area contributed by atoms with E-state index in [1.165, 1.54) is 21.3 Å². The van der Waals surface area contributed by atoms with Gasteiger partial charge in [-0.05, 0) is 49.2 Å². The first-order valence-electron chi connectivity index (χ1n) is 8.77. The number of hydrogen-bond acceptors (Lipinski definition) is 7. The monoisotopic (exact) mass is 392 g/mol. The molecule has 2 rings (SSSR count). The van der Waals surface area contributed by atoms with Crippen LogP contribution in [0.1, 0.15) is 24.2 Å². The summed E-state index contributed by atoms with van der Waals surface area (Å²) in [4.78, 5) is 0. The number of aliphatic hydroxyl groups is 1. The van der Waals surface area contributed by atoms with Gasteiger partial charge in [-0.15, -0.1) is 0 Å². The van der Waals surface area contributed by atoms with Crippen LogP contribution in [0, 0.1) is 6.92 Å². The molecule has 2 unspecified atom stereocenters. The number of ether oxygens (including phenoxy) is 6. The van der Waals surface area contributed by atoms with Gasteiger partial charge in [0, 0.05) is 0 Å². The zero-order chi connectivity index (χ0) is 20.8. The van der Waals surface area contributed by atoms with Crippen LogP contribution in [-0.2, 0) is 0 Å². The summed E-state index contributed by atoms with van der Waals surface area (Å²) in [6.07, 6.45) is -1.59. The topological polar surface area (TPSA) is 75.6 Å². The highest BCUT2D eigenvalue weighted by Gasteiger charge is 2.25. The Labute approximate surface area is 165 Å². The van der Waals surface area contributed by atoms with Crippen molar-refractivity contribution >= 4 is 0 Å². The molecule has 0 heterocycles. The minimum absolute atomic E-state index is 0.426. The Hall–Kier alpha value is -2.80. The van der Waals surface area contributed by atoms with Gasteiger partial charge >= 0.3 is 0 Å². The minimum Gasteiger partial charge on any atom is -0.493 e. The lowest BCUT2D eigenvalue weighted by molar-refractivity contribution is 0.0431. The largest absolute Gasteiger partial charge is 0.493 e. The van der Waals surface area contributed by atoms with E-state index in [1.807, 2.05) is 19.1 Å². The van der Waals surface area contributed by atoms with Crippen molar-refractivity contribution < 1.29 is 33.5 Å². The zero-order valence-corrected chi connectivity index (χ0v) is 17.4. The van der Waals surface area contributed by atoms with Crippen LogP contribution < -0.4 is 28.4 Å². The van der Waals surface area contributed by atoms with Crippen molar-refractivity contribution in [2.75, 3.05) is 35.5 Å². The van der Waals surface area contributed by atoms with Crippen LogP contribution in [0.15, 0.2) is 24.3 Å². The molecule has 0 aliphatic heterocycles. The van der Waals surface area contributed by atoms with Crippen LogP contribution in [0.2, 0.25) is 0 Å². The summed E-state index contributed by atoms with van der Waals surface area (Å²) in [6.45, 7) is 3.69. The van der Waals surface area contributed by atoms with Crippen molar-refractivity contribution in [2.45, 2.75) is 26.1 Å². The van der Waals surface area contributed by atoms with Crippen LogP contribution in [0.3, 0.4) is 0 Å². The molecule has 0 bridgehead atoms. The molecule has 2 aromatic rings. The van der Waals surface area contributed by atoms with Gasteiger partial charge in [0.1, 0.15) is 12.2 Å². The van der Waals surface area contributed by atoms with E-state index < -0.39 is 12.2 Å². The molecule has 2 atom stereocenters. The maximum atomic E-state index is 10.9. The second kappa shape index (κ2) is 9.41. The summed E-state index contributed by atoms with van der Waals surface area (Å²) < 4.78 is 32.9. The standard InChI is InChI=1S/C21H28O7/c1-12-8-15(23-3)21(16(9-12)24-4)28-13(2)19(22)14-10-17(25-5)20(27-7)18(11-14)26-6/h8-11,13,19,22H,1-7H3. The molecule has 0 fully saturated rings. The summed E-state index contributed by atoms with van der Waals surface area (Å²) in [7, 11) is 7.69. The number of aryl methyl sites for hydroxylation is 1. The molecule has 0 spiro atoms. The van der Waals surface area contributed by atoms with Gasteiger partial charge in [0.25, 0.3) is 0 Å². The van der Waals surface area contributed by atoms with Gasteiger partial charge in [0.2, 0.25) is 11.5 Å². The zero-order valence-electron chi connectivity index (χ0n) is 17.4. The fourth-order valence-electron chi connectivity index (χ4n) is 2.92. The van der Waals surface area contributed by atoms with E-state index >= 15 is 0 Å². The fourth-order valence-corrected chi connectivity index (χ4v) is 2.92. The Morgan fingerprint density at radius 1 is 0.679 bits per heavy atom. The summed E-state index contributed by atoms with van der Waals surface area (Å²) in [6, 6.07) is 7.07. The average molecular weight is 392 g/mol. The molecule has 0 radical (unpaired) electrons. The van der Waals surface area contributed by atoms with Crippen molar-refractivity contribution in [3.05, 3.63) is 35.4 Å².